The van der Waals surface area contributed by atoms with Gasteiger partial charge in [0, 0.05) is 51.8 Å². The molecular weight excluding hydrogens is 296 g/mol. The number of amides is 2. The predicted molar refractivity (Wildman–Crippen MR) is 85.6 cm³/mol. The van der Waals surface area contributed by atoms with Crippen molar-refractivity contribution in [2.75, 3.05) is 13.1 Å². The Morgan fingerprint density at radius 3 is 2.83 bits per heavy atom. The molecule has 0 radical (unpaired) electrons. The van der Waals surface area contributed by atoms with Gasteiger partial charge in [0.1, 0.15) is 5.82 Å². The molecule has 0 bridgehead atoms. The van der Waals surface area contributed by atoms with Gasteiger partial charge < -0.3 is 19.9 Å². The summed E-state index contributed by atoms with van der Waals surface area (Å²) in [7, 11) is 0. The van der Waals surface area contributed by atoms with E-state index < -0.39 is 6.10 Å². The Bertz CT molecular complexity index is 543. The molecule has 2 atom stereocenters. The molecule has 2 rings (SSSR count). The number of aromatic nitrogens is 2. The van der Waals surface area contributed by atoms with Crippen molar-refractivity contribution in [2.45, 2.75) is 58.2 Å². The first kappa shape index (κ1) is 17.5. The third-order valence-electron chi connectivity index (χ3n) is 4.30. The fourth-order valence-electron chi connectivity index (χ4n) is 3.00. The number of carbonyl (C=O) groups is 2. The number of nitrogens with zero attached hydrogens (tertiary/aromatic N) is 3. The summed E-state index contributed by atoms with van der Waals surface area (Å²) in [6.45, 7) is 5.19. The lowest BCUT2D eigenvalue weighted by Crippen LogP contribution is -2.42. The number of aliphatic hydroxyl groups is 1. The normalized spacial score (nSPS) is 21.8. The lowest BCUT2D eigenvalue weighted by molar-refractivity contribution is -0.131. The molecule has 2 amide bonds. The Morgan fingerprint density at radius 2 is 2.13 bits per heavy atom. The number of nitrogens with one attached hydrogen (secondary N) is 1. The minimum Gasteiger partial charge on any atom is -0.391 e. The second-order valence-electron chi connectivity index (χ2n) is 5.97. The van der Waals surface area contributed by atoms with E-state index in [9.17, 15) is 14.7 Å². The van der Waals surface area contributed by atoms with Crippen molar-refractivity contribution in [2.24, 2.45) is 0 Å². The maximum atomic E-state index is 12.4. The van der Waals surface area contributed by atoms with Crippen molar-refractivity contribution < 1.29 is 14.7 Å². The number of imidazole rings is 1. The zero-order valence-electron chi connectivity index (χ0n) is 13.9. The maximum absolute atomic E-state index is 12.4. The summed E-state index contributed by atoms with van der Waals surface area (Å²) in [4.78, 5) is 29.6. The Hall–Kier alpha value is -1.89. The molecule has 1 aromatic heterocycles. The van der Waals surface area contributed by atoms with Gasteiger partial charge in [-0.1, -0.05) is 6.92 Å². The van der Waals surface area contributed by atoms with Gasteiger partial charge in [0.25, 0.3) is 0 Å². The summed E-state index contributed by atoms with van der Waals surface area (Å²) < 4.78 is 2.00. The van der Waals surface area contributed by atoms with Crippen LogP contribution in [0.25, 0.3) is 0 Å². The van der Waals surface area contributed by atoms with Crippen LogP contribution in [0.2, 0.25) is 0 Å². The molecule has 2 N–H and O–H groups in total. The fraction of sp³-hybridized carbons (Fsp3) is 0.688. The quantitative estimate of drug-likeness (QED) is 0.817. The van der Waals surface area contributed by atoms with Crippen LogP contribution in [0.3, 0.4) is 0 Å². The number of hydrogen-bond acceptors (Lipinski definition) is 4. The van der Waals surface area contributed by atoms with E-state index in [4.69, 9.17) is 0 Å². The Kier molecular flexibility index (Phi) is 6.15. The van der Waals surface area contributed by atoms with E-state index in [-0.39, 0.29) is 17.9 Å². The SMILES string of the molecule is CCc1nccn1CCC(=O)N1CC[C@H](NC(C)=O)[C@@H](O)CC1. The molecule has 1 saturated heterocycles. The minimum atomic E-state index is -0.600. The summed E-state index contributed by atoms with van der Waals surface area (Å²) in [5.74, 6) is 0.910. The second-order valence-corrected chi connectivity index (χ2v) is 5.97. The molecule has 7 nitrogen and oxygen atoms in total. The Labute approximate surface area is 136 Å². The van der Waals surface area contributed by atoms with Crippen LogP contribution in [0.4, 0.5) is 0 Å². The second kappa shape index (κ2) is 8.10. The number of rotatable bonds is 5. The van der Waals surface area contributed by atoms with Crippen LogP contribution in [0.1, 0.15) is 38.9 Å². The largest absolute Gasteiger partial charge is 0.391 e. The van der Waals surface area contributed by atoms with Gasteiger partial charge >= 0.3 is 0 Å². The van der Waals surface area contributed by atoms with Crippen LogP contribution < -0.4 is 5.32 Å². The van der Waals surface area contributed by atoms with E-state index >= 15 is 0 Å². The number of likely N-dealkylation sites (tertiary alicyclic amines) is 1. The molecule has 0 aromatic carbocycles. The molecule has 1 aliphatic heterocycles. The summed E-state index contributed by atoms with van der Waals surface area (Å²) in [6.07, 6.45) is 5.38. The van der Waals surface area contributed by atoms with Gasteiger partial charge in [-0.05, 0) is 12.8 Å². The number of carbonyl (C=O) groups excluding carboxylic acids is 2. The van der Waals surface area contributed by atoms with Gasteiger partial charge in [0.05, 0.1) is 12.1 Å². The molecule has 0 spiro atoms. The van der Waals surface area contributed by atoms with Crippen LogP contribution in [0, 0.1) is 0 Å². The van der Waals surface area contributed by atoms with E-state index in [1.54, 1.807) is 11.1 Å². The van der Waals surface area contributed by atoms with E-state index in [0.717, 1.165) is 12.2 Å². The standard InChI is InChI=1S/C16H26N4O3/c1-3-15-17-7-11-19(15)10-6-16(23)20-8-4-13(18-12(2)21)14(22)5-9-20/h7,11,13-14,22H,3-6,8-10H2,1-2H3,(H,18,21)/t13-,14-/m0/s1. The average molecular weight is 322 g/mol. The first-order chi connectivity index (χ1) is 11.0. The number of aryl methyl sites for hydroxylation is 2. The lowest BCUT2D eigenvalue weighted by Gasteiger charge is -2.21. The fourth-order valence-corrected chi connectivity index (χ4v) is 3.00. The molecule has 0 saturated carbocycles. The van der Waals surface area contributed by atoms with Crippen molar-refractivity contribution >= 4 is 11.8 Å². The van der Waals surface area contributed by atoms with Gasteiger partial charge in [-0.15, -0.1) is 0 Å². The van der Waals surface area contributed by atoms with Crippen LogP contribution in [0.5, 0.6) is 0 Å². The highest BCUT2D eigenvalue weighted by Gasteiger charge is 2.27. The zero-order valence-corrected chi connectivity index (χ0v) is 13.9. The van der Waals surface area contributed by atoms with Crippen LogP contribution in [-0.2, 0) is 22.6 Å². The molecule has 2 heterocycles. The van der Waals surface area contributed by atoms with Gasteiger partial charge in [-0.25, -0.2) is 4.98 Å². The summed E-state index contributed by atoms with van der Waals surface area (Å²) >= 11 is 0. The molecule has 1 aliphatic rings. The van der Waals surface area contributed by atoms with Crippen molar-refractivity contribution in [3.8, 4) is 0 Å². The lowest BCUT2D eigenvalue weighted by atomic mass is 10.1. The highest BCUT2D eigenvalue weighted by atomic mass is 16.3. The van der Waals surface area contributed by atoms with E-state index in [1.807, 2.05) is 17.7 Å². The number of hydrogen-bond donors (Lipinski definition) is 2. The zero-order chi connectivity index (χ0) is 16.8. The highest BCUT2D eigenvalue weighted by Crippen LogP contribution is 2.13. The smallest absolute Gasteiger partial charge is 0.224 e. The highest BCUT2D eigenvalue weighted by molar-refractivity contribution is 5.76. The van der Waals surface area contributed by atoms with Gasteiger partial charge in [-0.3, -0.25) is 9.59 Å². The Balaban J connectivity index is 1.86. The average Bonchev–Trinajstić information content (AvgIpc) is 2.90. The first-order valence-corrected chi connectivity index (χ1v) is 8.24. The Morgan fingerprint density at radius 1 is 1.39 bits per heavy atom. The molecule has 0 unspecified atom stereocenters. The monoisotopic (exact) mass is 322 g/mol. The molecule has 23 heavy (non-hydrogen) atoms. The topological polar surface area (TPSA) is 87.5 Å². The molecule has 128 valence electrons. The maximum Gasteiger partial charge on any atom is 0.224 e. The summed E-state index contributed by atoms with van der Waals surface area (Å²) in [5.41, 5.74) is 0. The molecule has 7 heteroatoms. The molecule has 1 fully saturated rings. The molecule has 0 aliphatic carbocycles. The summed E-state index contributed by atoms with van der Waals surface area (Å²) in [6, 6.07) is -0.273. The third-order valence-corrected chi connectivity index (χ3v) is 4.30. The van der Waals surface area contributed by atoms with E-state index in [2.05, 4.69) is 10.3 Å². The van der Waals surface area contributed by atoms with Gasteiger partial charge in [0.2, 0.25) is 11.8 Å². The van der Waals surface area contributed by atoms with Gasteiger partial charge in [-0.2, -0.15) is 0 Å². The van der Waals surface area contributed by atoms with Crippen molar-refractivity contribution in [3.05, 3.63) is 18.2 Å². The van der Waals surface area contributed by atoms with Crippen molar-refractivity contribution in [1.82, 2.24) is 19.8 Å². The first-order valence-electron chi connectivity index (χ1n) is 8.24. The van der Waals surface area contributed by atoms with Gasteiger partial charge in [0.15, 0.2) is 0 Å². The molecule has 1 aromatic rings. The minimum absolute atomic E-state index is 0.0800. The van der Waals surface area contributed by atoms with Crippen molar-refractivity contribution in [3.63, 3.8) is 0 Å². The predicted octanol–water partition coefficient (Wildman–Crippen LogP) is 0.324. The molecular formula is C16H26N4O3. The van der Waals surface area contributed by atoms with Crippen LogP contribution >= 0.6 is 0 Å². The van der Waals surface area contributed by atoms with Crippen LogP contribution in [0.15, 0.2) is 12.4 Å². The summed E-state index contributed by atoms with van der Waals surface area (Å²) in [5, 5.41) is 12.8. The van der Waals surface area contributed by atoms with E-state index in [1.165, 1.54) is 6.92 Å². The van der Waals surface area contributed by atoms with E-state index in [0.29, 0.717) is 38.9 Å². The van der Waals surface area contributed by atoms with Crippen LogP contribution in [-0.4, -0.2) is 56.6 Å². The number of aliphatic hydroxyl groups excluding tert-OH is 1. The third kappa shape index (κ3) is 4.79. The van der Waals surface area contributed by atoms with Crippen molar-refractivity contribution in [1.29, 1.82) is 0 Å².